The fourth-order valence-corrected chi connectivity index (χ4v) is 5.17. The number of aromatic nitrogens is 2. The molecule has 3 atom stereocenters. The third-order valence-electron chi connectivity index (χ3n) is 6.44. The summed E-state index contributed by atoms with van der Waals surface area (Å²) in [7, 11) is 2.13. The summed E-state index contributed by atoms with van der Waals surface area (Å²) in [6.07, 6.45) is 2.79. The monoisotopic (exact) mass is 527 g/mol. The Labute approximate surface area is 207 Å². The number of hydrogen-bond donors (Lipinski definition) is 2. The quantitative estimate of drug-likeness (QED) is 0.510. The van der Waals surface area contributed by atoms with Crippen molar-refractivity contribution in [1.82, 2.24) is 19.6 Å². The lowest BCUT2D eigenvalue weighted by Crippen LogP contribution is -2.43. The van der Waals surface area contributed by atoms with Crippen molar-refractivity contribution in [2.24, 2.45) is 0 Å². The van der Waals surface area contributed by atoms with Crippen molar-refractivity contribution in [3.63, 3.8) is 0 Å². The van der Waals surface area contributed by atoms with Gasteiger partial charge in [-0.3, -0.25) is 9.20 Å². The van der Waals surface area contributed by atoms with E-state index in [4.69, 9.17) is 9.47 Å². The average molecular weight is 528 g/mol. The highest BCUT2D eigenvalue weighted by atomic mass is 79.9. The van der Waals surface area contributed by atoms with Crippen LogP contribution in [0.5, 0.6) is 5.75 Å². The molecule has 0 spiro atoms. The van der Waals surface area contributed by atoms with Gasteiger partial charge in [-0.15, -0.1) is 0 Å². The summed E-state index contributed by atoms with van der Waals surface area (Å²) < 4.78 is 13.6. The van der Waals surface area contributed by atoms with Crippen LogP contribution in [0.2, 0.25) is 0 Å². The smallest absolute Gasteiger partial charge is 0.274 e. The molecule has 180 valence electrons. The number of likely N-dealkylation sites (N-methyl/N-ethyl adjacent to an activating group) is 1. The van der Waals surface area contributed by atoms with E-state index in [-0.39, 0.29) is 17.7 Å². The molecule has 0 aliphatic carbocycles. The predicted molar refractivity (Wildman–Crippen MR) is 136 cm³/mol. The predicted octanol–water partition coefficient (Wildman–Crippen LogP) is 2.72. The zero-order valence-corrected chi connectivity index (χ0v) is 20.8. The van der Waals surface area contributed by atoms with Gasteiger partial charge < -0.3 is 25.0 Å². The maximum atomic E-state index is 12.7. The molecular formula is C25H30BrN5O3. The zero-order chi connectivity index (χ0) is 23.5. The number of nitrogens with zero attached hydrogens (tertiary/aromatic N) is 3. The number of morpholine rings is 1. The number of hydrogen-bond acceptors (Lipinski definition) is 7. The topological polar surface area (TPSA) is 80.1 Å². The molecule has 5 rings (SSSR count). The Balaban J connectivity index is 1.25. The highest BCUT2D eigenvalue weighted by Crippen LogP contribution is 2.30. The Bertz CT molecular complexity index is 1180. The zero-order valence-electron chi connectivity index (χ0n) is 19.2. The van der Waals surface area contributed by atoms with E-state index in [1.165, 1.54) is 5.56 Å². The molecule has 0 saturated carbocycles. The van der Waals surface area contributed by atoms with E-state index in [0.717, 1.165) is 45.0 Å². The minimum atomic E-state index is -0.112. The lowest BCUT2D eigenvalue weighted by molar-refractivity contribution is 0.000190. The van der Waals surface area contributed by atoms with E-state index in [9.17, 15) is 4.79 Å². The van der Waals surface area contributed by atoms with Crippen molar-refractivity contribution < 1.29 is 9.47 Å². The van der Waals surface area contributed by atoms with E-state index in [1.807, 2.05) is 30.3 Å². The van der Waals surface area contributed by atoms with Gasteiger partial charge in [0.2, 0.25) is 0 Å². The van der Waals surface area contributed by atoms with E-state index >= 15 is 0 Å². The van der Waals surface area contributed by atoms with Crippen LogP contribution in [-0.4, -0.2) is 72.9 Å². The maximum Gasteiger partial charge on any atom is 0.274 e. The number of halogens is 1. The number of pyridine rings is 1. The number of anilines is 1. The normalized spacial score (nSPS) is 23.6. The molecule has 1 aromatic carbocycles. The molecule has 4 heterocycles. The van der Waals surface area contributed by atoms with Gasteiger partial charge in [0.05, 0.1) is 6.61 Å². The first-order valence-corrected chi connectivity index (χ1v) is 12.5. The van der Waals surface area contributed by atoms with E-state index in [0.29, 0.717) is 28.5 Å². The Morgan fingerprint density at radius 2 is 2.09 bits per heavy atom. The Kier molecular flexibility index (Phi) is 7.15. The fourth-order valence-electron chi connectivity index (χ4n) is 4.77. The first-order valence-electron chi connectivity index (χ1n) is 11.7. The third kappa shape index (κ3) is 5.27. The van der Waals surface area contributed by atoms with Gasteiger partial charge in [-0.05, 0) is 65.1 Å². The third-order valence-corrected chi connectivity index (χ3v) is 7.16. The van der Waals surface area contributed by atoms with Crippen LogP contribution in [0.15, 0.2) is 57.9 Å². The number of benzene rings is 1. The van der Waals surface area contributed by atoms with Crippen LogP contribution in [0.3, 0.4) is 0 Å². The number of likely N-dealkylation sites (tertiary alicyclic amines) is 1. The first kappa shape index (κ1) is 23.3. The summed E-state index contributed by atoms with van der Waals surface area (Å²) in [6.45, 7) is 4.89. The highest BCUT2D eigenvalue weighted by molar-refractivity contribution is 9.10. The number of rotatable bonds is 6. The minimum Gasteiger partial charge on any atom is -0.491 e. The van der Waals surface area contributed by atoms with Crippen LogP contribution in [0.4, 0.5) is 5.82 Å². The van der Waals surface area contributed by atoms with E-state index in [1.54, 1.807) is 10.6 Å². The van der Waals surface area contributed by atoms with Crippen LogP contribution < -0.4 is 20.9 Å². The minimum absolute atomic E-state index is 0.100. The summed E-state index contributed by atoms with van der Waals surface area (Å²) >= 11 is 3.46. The Morgan fingerprint density at radius 3 is 2.88 bits per heavy atom. The molecule has 2 N–H and O–H groups in total. The van der Waals surface area contributed by atoms with Crippen LogP contribution >= 0.6 is 15.9 Å². The van der Waals surface area contributed by atoms with Gasteiger partial charge in [-0.25, -0.2) is 4.98 Å². The second-order valence-corrected chi connectivity index (χ2v) is 9.87. The largest absolute Gasteiger partial charge is 0.491 e. The fraction of sp³-hybridized carbons (Fsp3) is 0.440. The van der Waals surface area contributed by atoms with Gasteiger partial charge in [-0.2, -0.15) is 0 Å². The molecule has 2 aliphatic rings. The molecule has 2 aromatic heterocycles. The molecule has 9 heteroatoms. The Morgan fingerprint density at radius 1 is 1.24 bits per heavy atom. The lowest BCUT2D eigenvalue weighted by Gasteiger charge is -2.36. The van der Waals surface area contributed by atoms with Gasteiger partial charge >= 0.3 is 0 Å². The SMILES string of the molecule is CN1C[C@H](Nc2nc3ccccn3c(=O)c2Br)C[C@H](c2ccc(OCC3CNCCO3)cc2)C1. The second-order valence-electron chi connectivity index (χ2n) is 9.08. The molecule has 2 aliphatic heterocycles. The number of piperidine rings is 1. The molecule has 8 nitrogen and oxygen atoms in total. The number of ether oxygens (including phenoxy) is 2. The highest BCUT2D eigenvalue weighted by Gasteiger charge is 2.27. The van der Waals surface area contributed by atoms with Crippen molar-refractivity contribution in [2.75, 3.05) is 51.8 Å². The van der Waals surface area contributed by atoms with Gasteiger partial charge in [0.25, 0.3) is 5.56 Å². The van der Waals surface area contributed by atoms with Crippen molar-refractivity contribution in [3.8, 4) is 5.75 Å². The van der Waals surface area contributed by atoms with Crippen LogP contribution in [-0.2, 0) is 4.74 Å². The van der Waals surface area contributed by atoms with E-state index in [2.05, 4.69) is 55.6 Å². The molecule has 34 heavy (non-hydrogen) atoms. The Hall–Kier alpha value is -2.46. The maximum absolute atomic E-state index is 12.7. The van der Waals surface area contributed by atoms with Gasteiger partial charge in [0, 0.05) is 38.4 Å². The molecule has 2 saturated heterocycles. The van der Waals surface area contributed by atoms with E-state index < -0.39 is 0 Å². The van der Waals surface area contributed by atoms with Crippen molar-refractivity contribution >= 4 is 27.4 Å². The van der Waals surface area contributed by atoms with Crippen molar-refractivity contribution in [2.45, 2.75) is 24.5 Å². The summed E-state index contributed by atoms with van der Waals surface area (Å²) in [5, 5.41) is 6.85. The first-order chi connectivity index (χ1) is 16.6. The standard InChI is InChI=1S/C25H30BrN5O3/c1-30-14-18(17-5-7-20(8-6-17)34-16-21-13-27-9-11-33-21)12-19(15-30)28-24-23(26)25(32)31-10-3-2-4-22(31)29-24/h2-8,10,18-19,21,27-28H,9,11-16H2,1H3/t18-,19+,21?/m0/s1. The molecular weight excluding hydrogens is 498 g/mol. The molecule has 2 fully saturated rings. The second kappa shape index (κ2) is 10.4. The molecule has 0 radical (unpaired) electrons. The average Bonchev–Trinajstić information content (AvgIpc) is 2.86. The van der Waals surface area contributed by atoms with Crippen molar-refractivity contribution in [3.05, 3.63) is 69.1 Å². The number of nitrogens with one attached hydrogen (secondary N) is 2. The molecule has 0 amide bonds. The molecule has 1 unspecified atom stereocenters. The van der Waals surface area contributed by atoms with Gasteiger partial charge in [0.15, 0.2) is 0 Å². The van der Waals surface area contributed by atoms with Crippen LogP contribution in [0.1, 0.15) is 17.9 Å². The van der Waals surface area contributed by atoms with Gasteiger partial charge in [-0.1, -0.05) is 18.2 Å². The lowest BCUT2D eigenvalue weighted by atomic mass is 9.88. The van der Waals surface area contributed by atoms with Gasteiger partial charge in [0.1, 0.15) is 34.4 Å². The van der Waals surface area contributed by atoms with Crippen LogP contribution in [0, 0.1) is 0 Å². The summed E-state index contributed by atoms with van der Waals surface area (Å²) in [5.41, 5.74) is 1.80. The summed E-state index contributed by atoms with van der Waals surface area (Å²) in [6, 6.07) is 14.1. The molecule has 0 bridgehead atoms. The van der Waals surface area contributed by atoms with Crippen LogP contribution in [0.25, 0.3) is 5.65 Å². The summed E-state index contributed by atoms with van der Waals surface area (Å²) in [4.78, 5) is 19.7. The molecule has 3 aromatic rings. The van der Waals surface area contributed by atoms with Crippen molar-refractivity contribution in [1.29, 1.82) is 0 Å². The summed E-state index contributed by atoms with van der Waals surface area (Å²) in [5.74, 6) is 1.83. The number of fused-ring (bicyclic) bond motifs is 1.